The second-order valence-electron chi connectivity index (χ2n) is 3.12. The first-order chi connectivity index (χ1) is 7.31. The number of aromatic nitrogens is 1. The van der Waals surface area contributed by atoms with Gasteiger partial charge in [-0.15, -0.1) is 0 Å². The number of benzene rings is 1. The largest absolute Gasteiger partial charge is 0.235 e. The lowest BCUT2D eigenvalue weighted by Gasteiger charge is -2.01. The van der Waals surface area contributed by atoms with Crippen LogP contribution >= 0.6 is 27.5 Å². The highest BCUT2D eigenvalue weighted by molar-refractivity contribution is 9.09. The fraction of sp³-hybridized carbons (Fsp3) is 0.0833. The van der Waals surface area contributed by atoms with Gasteiger partial charge in [0.05, 0.1) is 5.52 Å². The SMILES string of the molecule is Clc1nc2ccccc2cc1C=CCBr. The fourth-order valence-electron chi connectivity index (χ4n) is 1.40. The standard InChI is InChI=1S/C12H9BrClN/c13-7-3-5-10-8-9-4-1-2-6-11(9)15-12(10)14/h1-6,8H,7H2. The van der Waals surface area contributed by atoms with E-state index in [4.69, 9.17) is 11.6 Å². The summed E-state index contributed by atoms with van der Waals surface area (Å²) in [7, 11) is 0. The van der Waals surface area contributed by atoms with Gasteiger partial charge >= 0.3 is 0 Å². The molecule has 0 aliphatic carbocycles. The van der Waals surface area contributed by atoms with Crippen LogP contribution in [0.25, 0.3) is 17.0 Å². The van der Waals surface area contributed by atoms with E-state index in [1.807, 2.05) is 42.5 Å². The van der Waals surface area contributed by atoms with Gasteiger partial charge in [0.25, 0.3) is 0 Å². The Balaban J connectivity index is 2.57. The lowest BCUT2D eigenvalue weighted by molar-refractivity contribution is 1.39. The van der Waals surface area contributed by atoms with Crippen LogP contribution in [0, 0.1) is 0 Å². The molecule has 1 aromatic carbocycles. The monoisotopic (exact) mass is 281 g/mol. The van der Waals surface area contributed by atoms with Crippen LogP contribution in [0.5, 0.6) is 0 Å². The molecular weight excluding hydrogens is 273 g/mol. The number of pyridine rings is 1. The van der Waals surface area contributed by atoms with Crippen LogP contribution in [-0.4, -0.2) is 10.3 Å². The molecule has 1 nitrogen and oxygen atoms in total. The third kappa shape index (κ3) is 2.39. The molecule has 0 aliphatic heterocycles. The van der Waals surface area contributed by atoms with Gasteiger partial charge in [-0.25, -0.2) is 4.98 Å². The summed E-state index contributed by atoms with van der Waals surface area (Å²) in [6.07, 6.45) is 3.97. The Morgan fingerprint density at radius 3 is 2.93 bits per heavy atom. The lowest BCUT2D eigenvalue weighted by atomic mass is 10.1. The molecule has 0 saturated heterocycles. The van der Waals surface area contributed by atoms with E-state index in [-0.39, 0.29) is 0 Å². The van der Waals surface area contributed by atoms with Crippen molar-refractivity contribution in [1.82, 2.24) is 4.98 Å². The quantitative estimate of drug-likeness (QED) is 0.591. The zero-order valence-corrected chi connectivity index (χ0v) is 10.3. The van der Waals surface area contributed by atoms with Crippen LogP contribution < -0.4 is 0 Å². The Bertz CT molecular complexity index is 508. The van der Waals surface area contributed by atoms with Crippen LogP contribution in [0.3, 0.4) is 0 Å². The predicted molar refractivity (Wildman–Crippen MR) is 69.6 cm³/mol. The summed E-state index contributed by atoms with van der Waals surface area (Å²) in [5.41, 5.74) is 1.88. The van der Waals surface area contributed by atoms with Crippen molar-refractivity contribution in [3.8, 4) is 0 Å². The number of para-hydroxylation sites is 1. The van der Waals surface area contributed by atoms with Gasteiger partial charge in [0.15, 0.2) is 0 Å². The number of fused-ring (bicyclic) bond motifs is 1. The third-order valence-electron chi connectivity index (χ3n) is 2.09. The second-order valence-corrected chi connectivity index (χ2v) is 4.12. The van der Waals surface area contributed by atoms with E-state index >= 15 is 0 Å². The smallest absolute Gasteiger partial charge is 0.136 e. The first kappa shape index (κ1) is 10.7. The van der Waals surface area contributed by atoms with Crippen molar-refractivity contribution in [2.24, 2.45) is 0 Å². The van der Waals surface area contributed by atoms with E-state index in [9.17, 15) is 0 Å². The Kier molecular flexibility index (Phi) is 3.39. The highest BCUT2D eigenvalue weighted by Crippen LogP contribution is 2.21. The average Bonchev–Trinajstić information content (AvgIpc) is 2.26. The van der Waals surface area contributed by atoms with E-state index in [1.54, 1.807) is 0 Å². The van der Waals surface area contributed by atoms with Crippen LogP contribution in [0.1, 0.15) is 5.56 Å². The van der Waals surface area contributed by atoms with Crippen molar-refractivity contribution in [1.29, 1.82) is 0 Å². The van der Waals surface area contributed by atoms with Crippen molar-refractivity contribution in [3.63, 3.8) is 0 Å². The summed E-state index contributed by atoms with van der Waals surface area (Å²) in [6.45, 7) is 0. The number of rotatable bonds is 2. The van der Waals surface area contributed by atoms with E-state index in [0.717, 1.165) is 21.8 Å². The Morgan fingerprint density at radius 2 is 2.13 bits per heavy atom. The molecule has 0 atom stereocenters. The Morgan fingerprint density at radius 1 is 1.33 bits per heavy atom. The molecule has 0 spiro atoms. The summed E-state index contributed by atoms with van der Waals surface area (Å²) >= 11 is 9.39. The maximum absolute atomic E-state index is 6.06. The highest BCUT2D eigenvalue weighted by atomic mass is 79.9. The second kappa shape index (κ2) is 4.77. The zero-order chi connectivity index (χ0) is 10.7. The van der Waals surface area contributed by atoms with Crippen LogP contribution in [0.15, 0.2) is 36.4 Å². The first-order valence-corrected chi connectivity index (χ1v) is 6.09. The molecule has 0 N–H and O–H groups in total. The van der Waals surface area contributed by atoms with E-state index < -0.39 is 0 Å². The van der Waals surface area contributed by atoms with Crippen molar-refractivity contribution >= 4 is 44.5 Å². The van der Waals surface area contributed by atoms with Crippen LogP contribution in [-0.2, 0) is 0 Å². The summed E-state index contributed by atoms with van der Waals surface area (Å²) in [6, 6.07) is 9.99. The lowest BCUT2D eigenvalue weighted by Crippen LogP contribution is -1.84. The molecule has 2 aromatic rings. The Hall–Kier alpha value is -0.860. The molecule has 3 heteroatoms. The van der Waals surface area contributed by atoms with Crippen molar-refractivity contribution in [2.45, 2.75) is 0 Å². The number of nitrogens with zero attached hydrogens (tertiary/aromatic N) is 1. The number of hydrogen-bond donors (Lipinski definition) is 0. The number of halogens is 2. The zero-order valence-electron chi connectivity index (χ0n) is 7.95. The number of alkyl halides is 1. The van der Waals surface area contributed by atoms with Gasteiger partial charge in [-0.3, -0.25) is 0 Å². The van der Waals surface area contributed by atoms with Gasteiger partial charge in [0, 0.05) is 16.3 Å². The summed E-state index contributed by atoms with van der Waals surface area (Å²) < 4.78 is 0. The predicted octanol–water partition coefficient (Wildman–Crippen LogP) is 4.30. The van der Waals surface area contributed by atoms with Crippen molar-refractivity contribution in [3.05, 3.63) is 47.1 Å². The number of allylic oxidation sites excluding steroid dienone is 1. The van der Waals surface area contributed by atoms with Gasteiger partial charge < -0.3 is 0 Å². The number of hydrogen-bond acceptors (Lipinski definition) is 1. The Labute approximate surface area is 102 Å². The van der Waals surface area contributed by atoms with Crippen LogP contribution in [0.4, 0.5) is 0 Å². The first-order valence-electron chi connectivity index (χ1n) is 4.59. The summed E-state index contributed by atoms with van der Waals surface area (Å²) in [5.74, 6) is 0. The fourth-order valence-corrected chi connectivity index (χ4v) is 1.79. The van der Waals surface area contributed by atoms with Gasteiger partial charge in [0.2, 0.25) is 0 Å². The minimum absolute atomic E-state index is 0.547. The topological polar surface area (TPSA) is 12.9 Å². The molecule has 15 heavy (non-hydrogen) atoms. The molecule has 0 unspecified atom stereocenters. The molecule has 0 aliphatic rings. The molecule has 0 fully saturated rings. The molecular formula is C12H9BrClN. The maximum Gasteiger partial charge on any atom is 0.136 e. The maximum atomic E-state index is 6.06. The van der Waals surface area contributed by atoms with Gasteiger partial charge in [-0.1, -0.05) is 57.9 Å². The molecule has 0 radical (unpaired) electrons. The molecule has 1 aromatic heterocycles. The van der Waals surface area contributed by atoms with Gasteiger partial charge in [-0.2, -0.15) is 0 Å². The molecule has 1 heterocycles. The molecule has 0 bridgehead atoms. The molecule has 2 rings (SSSR count). The molecule has 0 amide bonds. The summed E-state index contributed by atoms with van der Waals surface area (Å²) in [4.78, 5) is 4.33. The minimum atomic E-state index is 0.547. The molecule has 0 saturated carbocycles. The van der Waals surface area contributed by atoms with Crippen LogP contribution in [0.2, 0.25) is 5.15 Å². The normalized spacial score (nSPS) is 11.3. The van der Waals surface area contributed by atoms with E-state index in [0.29, 0.717) is 5.15 Å². The third-order valence-corrected chi connectivity index (χ3v) is 2.77. The van der Waals surface area contributed by atoms with E-state index in [2.05, 4.69) is 20.9 Å². The average molecular weight is 283 g/mol. The highest BCUT2D eigenvalue weighted by Gasteiger charge is 2.00. The van der Waals surface area contributed by atoms with E-state index in [1.165, 1.54) is 0 Å². The molecule has 76 valence electrons. The minimum Gasteiger partial charge on any atom is -0.235 e. The van der Waals surface area contributed by atoms with Gasteiger partial charge in [0.1, 0.15) is 5.15 Å². The van der Waals surface area contributed by atoms with Crippen molar-refractivity contribution in [2.75, 3.05) is 5.33 Å². The summed E-state index contributed by atoms with van der Waals surface area (Å²) in [5, 5.41) is 2.47. The van der Waals surface area contributed by atoms with Gasteiger partial charge in [-0.05, 0) is 12.1 Å². The van der Waals surface area contributed by atoms with Crippen molar-refractivity contribution < 1.29 is 0 Å².